The number of carbonyl (C=O) groups excluding carboxylic acids is 14. The van der Waals surface area contributed by atoms with Crippen LogP contribution in [0.25, 0.3) is 0 Å². The van der Waals surface area contributed by atoms with E-state index in [1.54, 1.807) is 68.8 Å². The van der Waals surface area contributed by atoms with Crippen LogP contribution < -0.4 is 79.8 Å². The molecule has 0 radical (unpaired) electrons. The van der Waals surface area contributed by atoms with Crippen LogP contribution >= 0.6 is 0 Å². The molecular formula is C74H93N31O15. The second-order valence-corrected chi connectivity index (χ2v) is 28.1. The van der Waals surface area contributed by atoms with Crippen molar-refractivity contribution in [2.45, 2.75) is 51.7 Å². The first-order valence-corrected chi connectivity index (χ1v) is 37.2. The molecule has 46 heteroatoms. The topological polar surface area (TPSA) is 568 Å². The zero-order chi connectivity index (χ0) is 86.9. The van der Waals surface area contributed by atoms with Crippen molar-refractivity contribution < 1.29 is 72.2 Å². The number of carbonyl (C=O) groups is 14. The Morgan fingerprint density at radius 2 is 0.700 bits per heavy atom. The molecule has 10 heterocycles. The van der Waals surface area contributed by atoms with Crippen LogP contribution in [0.2, 0.25) is 0 Å². The van der Waals surface area contributed by atoms with Crippen molar-refractivity contribution in [1.82, 2.24) is 102 Å². The predicted octanol–water partition coefficient (Wildman–Crippen LogP) is 1.21. The number of nitrogens with zero attached hydrogens (tertiary/aromatic N) is 15. The predicted molar refractivity (Wildman–Crippen MR) is 436 cm³/mol. The van der Waals surface area contributed by atoms with E-state index in [1.807, 2.05) is 19.0 Å². The Bertz CT molecular complexity index is 5570. The van der Waals surface area contributed by atoms with Gasteiger partial charge in [0.1, 0.15) is 28.5 Å². The Morgan fingerprint density at radius 1 is 0.350 bits per heavy atom. The summed E-state index contributed by atoms with van der Waals surface area (Å²) >= 11 is 0. The molecule has 0 saturated heterocycles. The Labute approximate surface area is 683 Å². The molecular weight excluding hydrogens is 1560 g/mol. The third kappa shape index (κ3) is 23.3. The molecule has 1 unspecified atom stereocenters. The zero-order valence-corrected chi connectivity index (χ0v) is 67.6. The van der Waals surface area contributed by atoms with Crippen LogP contribution in [-0.2, 0) is 87.4 Å². The summed E-state index contributed by atoms with van der Waals surface area (Å²) in [6.07, 6.45) is 13.9. The number of rotatable bonds is 38. The molecule has 10 rings (SSSR count). The third-order valence-electron chi connectivity index (χ3n) is 17.9. The van der Waals surface area contributed by atoms with Gasteiger partial charge in [0.05, 0.1) is 28.4 Å². The molecule has 14 amide bonds. The normalized spacial score (nSPS) is 11.3. The van der Waals surface area contributed by atoms with E-state index in [0.29, 0.717) is 23.6 Å². The van der Waals surface area contributed by atoms with Crippen LogP contribution in [-0.4, -0.2) is 217 Å². The van der Waals surface area contributed by atoms with Crippen LogP contribution in [0.5, 0.6) is 0 Å². The van der Waals surface area contributed by atoms with Crippen molar-refractivity contribution in [1.29, 1.82) is 0 Å². The first-order chi connectivity index (χ1) is 57.0. The highest BCUT2D eigenvalue weighted by Gasteiger charge is 2.27. The Kier molecular flexibility index (Phi) is 28.3. The lowest BCUT2D eigenvalue weighted by Gasteiger charge is -2.12. The summed E-state index contributed by atoms with van der Waals surface area (Å²) in [7, 11) is 18.1. The first kappa shape index (κ1) is 87.1. The van der Waals surface area contributed by atoms with Crippen LogP contribution in [0.1, 0.15) is 152 Å². The molecule has 0 aliphatic carbocycles. The standard InChI is InChI=1S/C74H93N31O15/c1-40(106)81-42-26-50(99(6)31-42)69(115)94-54-38-101(8)60(92-54)70(116)79-23-18-59(110)88-53-37-104(11)64(91-53)74(120)95-55-39-105(12)61(93-55)71(117)82-41-25-46(80-30-41)65(111)76-19-13-15-57(108)86-51-35-102(9)62(89-51)72(118)84-44-28-48(98(5)33-44)67(113)78-22-17-58(109)87-52-36-103(10)63(90-52)73(119)85-45-29-49(100(7)34-45)68(114)83-43-27-47(97(4)32-43)66(112)77-21-16-56(107)75-20-14-24-96(2)3/h25-39,71,80,82,117H,13-24H2,1-12H3,(H,75,107)(H,76,111)(H,77,112)(H,78,113)(H,79,116)(H,81,106)(H,83,114)(H,84,118)(H,85,119)(H,86,108)(H,87,109)(H,88,110)(H,94,115)(H,95,120). The van der Waals surface area contributed by atoms with Crippen LogP contribution in [0.4, 0.5) is 57.5 Å². The lowest BCUT2D eigenvalue weighted by molar-refractivity contribution is -0.121. The summed E-state index contributed by atoms with van der Waals surface area (Å²) in [5.41, 5.74) is 2.44. The van der Waals surface area contributed by atoms with Gasteiger partial charge < -0.3 is 136 Å². The molecule has 1 atom stereocenters. The van der Waals surface area contributed by atoms with Crippen molar-refractivity contribution in [3.05, 3.63) is 150 Å². The van der Waals surface area contributed by atoms with E-state index in [-0.39, 0.29) is 168 Å². The van der Waals surface area contributed by atoms with Gasteiger partial charge in [0.2, 0.25) is 52.8 Å². The molecule has 17 N–H and O–H groups in total. The minimum Gasteiger partial charge on any atom is -0.367 e. The number of H-pyrrole nitrogens is 1. The number of imidazole rings is 5. The van der Waals surface area contributed by atoms with E-state index < -0.39 is 77.1 Å². The lowest BCUT2D eigenvalue weighted by atomic mass is 10.3. The zero-order valence-electron chi connectivity index (χ0n) is 67.6. The summed E-state index contributed by atoms with van der Waals surface area (Å²) in [5.74, 6) is -7.24. The second-order valence-electron chi connectivity index (χ2n) is 28.1. The van der Waals surface area contributed by atoms with E-state index in [2.05, 4.69) is 110 Å². The van der Waals surface area contributed by atoms with E-state index in [9.17, 15) is 72.2 Å². The lowest BCUT2D eigenvalue weighted by Crippen LogP contribution is -2.32. The second kappa shape index (κ2) is 38.9. The summed E-state index contributed by atoms with van der Waals surface area (Å²) in [5, 5.41) is 51.3. The molecule has 120 heavy (non-hydrogen) atoms. The Hall–Kier alpha value is -15.3. The summed E-state index contributed by atoms with van der Waals surface area (Å²) in [6.45, 7) is 2.68. The van der Waals surface area contributed by atoms with Gasteiger partial charge in [-0.3, -0.25) is 67.1 Å². The summed E-state index contributed by atoms with van der Waals surface area (Å²) in [4.78, 5) is 207. The van der Waals surface area contributed by atoms with Crippen LogP contribution in [0.15, 0.2) is 92.3 Å². The van der Waals surface area contributed by atoms with Crippen LogP contribution in [0, 0.1) is 0 Å². The number of hydrogen-bond donors (Lipinski definition) is 17. The minimum atomic E-state index is -1.44. The Morgan fingerprint density at radius 3 is 1.16 bits per heavy atom. The fourth-order valence-corrected chi connectivity index (χ4v) is 12.1. The van der Waals surface area contributed by atoms with Crippen molar-refractivity contribution in [3.8, 4) is 0 Å². The van der Waals surface area contributed by atoms with E-state index in [0.717, 1.165) is 13.0 Å². The van der Waals surface area contributed by atoms with Gasteiger partial charge in [-0.05, 0) is 63.8 Å². The van der Waals surface area contributed by atoms with Crippen molar-refractivity contribution in [2.75, 3.05) is 107 Å². The molecule has 0 bridgehead atoms. The molecule has 10 aromatic heterocycles. The highest BCUT2D eigenvalue weighted by atomic mass is 16.3. The van der Waals surface area contributed by atoms with Crippen LogP contribution in [0.3, 0.4) is 0 Å². The van der Waals surface area contributed by atoms with Gasteiger partial charge in [0.15, 0.2) is 41.1 Å². The van der Waals surface area contributed by atoms with Gasteiger partial charge in [0, 0.05) is 191 Å². The molecule has 634 valence electrons. The number of aromatic amines is 1. The SMILES string of the molecule is CC(=O)Nc1cc(C(=O)Nc2cn(C)c(C(=O)NCCC(=O)Nc3cn(C)c(C(=O)Nc4cn(C)c(C(O)Nc5c[nH]c(C(=O)NCCCC(=O)Nc6cn(C)c(C(=O)Nc7cc(C(=O)NCCC(=O)Nc8cn(C)c(C(=O)Nc9cc(C(=O)Nc%10cc(C(=O)NCCC(=O)NCCCN(C)C)n(C)c%10)n(C)c9)n8)n(C)c7)n6)c5)n4)n3)n2)n(C)c1. The number of amides is 14. The maximum atomic E-state index is 13.4. The van der Waals surface area contributed by atoms with E-state index in [4.69, 9.17) is 0 Å². The van der Waals surface area contributed by atoms with E-state index >= 15 is 0 Å². The van der Waals surface area contributed by atoms with Gasteiger partial charge in [-0.15, -0.1) is 0 Å². The molecule has 10 aromatic rings. The first-order valence-electron chi connectivity index (χ1n) is 37.2. The monoisotopic (exact) mass is 1660 g/mol. The molecule has 0 spiro atoms. The number of aryl methyl sites for hydroxylation is 9. The minimum absolute atomic E-state index is 0.0368. The number of aliphatic hydroxyl groups excluding tert-OH is 1. The fourth-order valence-electron chi connectivity index (χ4n) is 12.1. The van der Waals surface area contributed by atoms with Gasteiger partial charge in [-0.1, -0.05) is 0 Å². The van der Waals surface area contributed by atoms with Crippen molar-refractivity contribution in [2.24, 2.45) is 63.4 Å². The average Bonchev–Trinajstić information content (AvgIpc) is 1.68. The number of aromatic nitrogens is 15. The maximum absolute atomic E-state index is 13.4. The van der Waals surface area contributed by atoms with Gasteiger partial charge in [0.25, 0.3) is 53.2 Å². The number of nitrogens with one attached hydrogen (secondary N) is 16. The average molecular weight is 1660 g/mol. The van der Waals surface area contributed by atoms with E-state index in [1.165, 1.54) is 135 Å². The Balaban J connectivity index is 0.588. The third-order valence-corrected chi connectivity index (χ3v) is 17.9. The van der Waals surface area contributed by atoms with Crippen molar-refractivity contribution >= 4 is 140 Å². The molecule has 0 aliphatic heterocycles. The highest BCUT2D eigenvalue weighted by molar-refractivity contribution is 6.09. The van der Waals surface area contributed by atoms with Gasteiger partial charge in [-0.25, -0.2) is 24.9 Å². The van der Waals surface area contributed by atoms with Crippen molar-refractivity contribution in [3.63, 3.8) is 0 Å². The van der Waals surface area contributed by atoms with Gasteiger partial charge in [-0.2, -0.15) is 0 Å². The molecule has 0 aromatic carbocycles. The number of aliphatic hydroxyl groups is 1. The van der Waals surface area contributed by atoms with Gasteiger partial charge >= 0.3 is 0 Å². The molecule has 0 saturated carbocycles. The molecule has 0 aliphatic rings. The highest BCUT2D eigenvalue weighted by Crippen LogP contribution is 2.24. The quantitative estimate of drug-likeness (QED) is 0.0191. The summed E-state index contributed by atoms with van der Waals surface area (Å²) < 4.78 is 13.0. The molecule has 46 nitrogen and oxygen atoms in total. The smallest absolute Gasteiger partial charge is 0.292 e. The fraction of sp³-hybridized carbons (Fsp3) is 0.338. The molecule has 0 fully saturated rings. The summed E-state index contributed by atoms with van der Waals surface area (Å²) in [6, 6.07) is 7.28. The largest absolute Gasteiger partial charge is 0.367 e. The number of hydrogen-bond acceptors (Lipinski definition) is 22. The number of anilines is 10. The maximum Gasteiger partial charge on any atom is 0.292 e.